The van der Waals surface area contributed by atoms with E-state index in [1.165, 1.54) is 12.1 Å². The average molecular weight is 367 g/mol. The number of piperidine rings is 1. The van der Waals surface area contributed by atoms with E-state index in [1.807, 2.05) is 4.90 Å². The van der Waals surface area contributed by atoms with Crippen LogP contribution in [0.25, 0.3) is 0 Å². The van der Waals surface area contributed by atoms with Gasteiger partial charge in [-0.3, -0.25) is 4.79 Å². The molecule has 0 aliphatic carbocycles. The van der Waals surface area contributed by atoms with Crippen molar-refractivity contribution < 1.29 is 4.79 Å². The van der Waals surface area contributed by atoms with Gasteiger partial charge < -0.3 is 15.1 Å². The van der Waals surface area contributed by atoms with Crippen molar-refractivity contribution in [2.45, 2.75) is 40.0 Å². The van der Waals surface area contributed by atoms with Crippen LogP contribution in [0, 0.1) is 6.92 Å². The third kappa shape index (κ3) is 4.56. The Kier molecular flexibility index (Phi) is 6.27. The zero-order valence-electron chi connectivity index (χ0n) is 16.5. The molecule has 27 heavy (non-hydrogen) atoms. The minimum atomic E-state index is 0.0287. The summed E-state index contributed by atoms with van der Waals surface area (Å²) in [6.45, 7) is 10.0. The zero-order chi connectivity index (χ0) is 19.2. The lowest BCUT2D eigenvalue weighted by Crippen LogP contribution is -2.35. The summed E-state index contributed by atoms with van der Waals surface area (Å²) >= 11 is 0. The van der Waals surface area contributed by atoms with E-state index in [4.69, 9.17) is 0 Å². The van der Waals surface area contributed by atoms with Gasteiger partial charge in [-0.05, 0) is 63.8 Å². The first kappa shape index (κ1) is 19.1. The van der Waals surface area contributed by atoms with Crippen molar-refractivity contribution in [3.8, 4) is 0 Å². The quantitative estimate of drug-likeness (QED) is 0.836. The summed E-state index contributed by atoms with van der Waals surface area (Å²) in [5.74, 6) is 0.532. The van der Waals surface area contributed by atoms with Gasteiger partial charge in [0.2, 0.25) is 5.95 Å². The second kappa shape index (κ2) is 8.84. The highest BCUT2D eigenvalue weighted by molar-refractivity contribution is 5.93. The number of amides is 1. The highest BCUT2D eigenvalue weighted by atomic mass is 16.2. The summed E-state index contributed by atoms with van der Waals surface area (Å²) in [6, 6.07) is 6.33. The molecular formula is C21H29N5O. The molecule has 1 aliphatic heterocycles. The predicted octanol–water partition coefficient (Wildman–Crippen LogP) is 4.00. The molecular weight excluding hydrogens is 338 g/mol. The lowest BCUT2D eigenvalue weighted by molar-refractivity contribution is 0.0723. The van der Waals surface area contributed by atoms with Crippen molar-refractivity contribution in [2.75, 3.05) is 36.4 Å². The van der Waals surface area contributed by atoms with Gasteiger partial charge in [0.05, 0.1) is 5.56 Å². The van der Waals surface area contributed by atoms with Crippen LogP contribution in [-0.2, 0) is 0 Å². The van der Waals surface area contributed by atoms with Gasteiger partial charge in [-0.25, -0.2) is 9.97 Å². The molecule has 1 aromatic heterocycles. The Bertz CT molecular complexity index is 765. The Labute approximate surface area is 161 Å². The van der Waals surface area contributed by atoms with Crippen LogP contribution in [0.3, 0.4) is 0 Å². The molecule has 1 aromatic carbocycles. The molecule has 2 heterocycles. The number of nitrogens with one attached hydrogen (secondary N) is 1. The summed E-state index contributed by atoms with van der Waals surface area (Å²) < 4.78 is 0. The normalized spacial score (nSPS) is 14.1. The third-order valence-corrected chi connectivity index (χ3v) is 5.13. The van der Waals surface area contributed by atoms with E-state index in [0.717, 1.165) is 50.3 Å². The summed E-state index contributed by atoms with van der Waals surface area (Å²) in [5, 5.41) is 3.25. The van der Waals surface area contributed by atoms with Gasteiger partial charge in [0.1, 0.15) is 0 Å². The first-order valence-electron chi connectivity index (χ1n) is 9.86. The fraction of sp³-hybridized carbons (Fsp3) is 0.476. The first-order valence-corrected chi connectivity index (χ1v) is 9.86. The Morgan fingerprint density at radius 1 is 1.11 bits per heavy atom. The monoisotopic (exact) mass is 367 g/mol. The Hall–Kier alpha value is -2.63. The fourth-order valence-corrected chi connectivity index (χ4v) is 3.48. The number of carbonyl (C=O) groups is 1. The molecule has 0 spiro atoms. The lowest BCUT2D eigenvalue weighted by atomic mass is 10.1. The second-order valence-electron chi connectivity index (χ2n) is 6.94. The number of hydrogen-bond donors (Lipinski definition) is 1. The number of hydrogen-bond acceptors (Lipinski definition) is 5. The molecule has 0 radical (unpaired) electrons. The molecule has 1 saturated heterocycles. The Balaban J connectivity index is 1.68. The topological polar surface area (TPSA) is 61.4 Å². The van der Waals surface area contributed by atoms with E-state index >= 15 is 0 Å². The molecule has 3 rings (SSSR count). The molecule has 1 amide bonds. The molecule has 0 unspecified atom stereocenters. The van der Waals surface area contributed by atoms with Gasteiger partial charge in [-0.2, -0.15) is 0 Å². The third-order valence-electron chi connectivity index (χ3n) is 5.13. The van der Waals surface area contributed by atoms with Crippen molar-refractivity contribution >= 4 is 23.2 Å². The SMILES string of the molecule is CCN(CC)c1ccc(Nc2ncc(C(=O)N3CCCCC3)cn2)c(C)c1. The summed E-state index contributed by atoms with van der Waals surface area (Å²) in [5.41, 5.74) is 3.87. The maximum absolute atomic E-state index is 12.5. The van der Waals surface area contributed by atoms with E-state index in [9.17, 15) is 4.79 Å². The van der Waals surface area contributed by atoms with E-state index < -0.39 is 0 Å². The number of nitrogens with zero attached hydrogens (tertiary/aromatic N) is 4. The molecule has 0 bridgehead atoms. The molecule has 0 atom stereocenters. The molecule has 0 saturated carbocycles. The lowest BCUT2D eigenvalue weighted by Gasteiger charge is -2.26. The molecule has 6 heteroatoms. The highest BCUT2D eigenvalue weighted by Crippen LogP contribution is 2.24. The molecule has 1 aliphatic rings. The van der Waals surface area contributed by atoms with Crippen LogP contribution < -0.4 is 10.2 Å². The largest absolute Gasteiger partial charge is 0.372 e. The molecule has 2 aromatic rings. The van der Waals surface area contributed by atoms with Crippen molar-refractivity contribution in [2.24, 2.45) is 0 Å². The summed E-state index contributed by atoms with van der Waals surface area (Å²) in [7, 11) is 0. The van der Waals surface area contributed by atoms with Crippen LogP contribution in [0.5, 0.6) is 0 Å². The smallest absolute Gasteiger partial charge is 0.256 e. The number of carbonyl (C=O) groups excluding carboxylic acids is 1. The minimum Gasteiger partial charge on any atom is -0.372 e. The van der Waals surface area contributed by atoms with Crippen LogP contribution in [0.2, 0.25) is 0 Å². The summed E-state index contributed by atoms with van der Waals surface area (Å²) in [4.78, 5) is 25.4. The molecule has 1 fully saturated rings. The van der Waals surface area contributed by atoms with Crippen LogP contribution in [0.15, 0.2) is 30.6 Å². The number of aromatic nitrogens is 2. The number of benzene rings is 1. The number of anilines is 3. The fourth-order valence-electron chi connectivity index (χ4n) is 3.48. The van der Waals surface area contributed by atoms with Crippen molar-refractivity contribution in [3.05, 3.63) is 41.7 Å². The first-order chi connectivity index (χ1) is 13.1. The Morgan fingerprint density at radius 3 is 2.37 bits per heavy atom. The second-order valence-corrected chi connectivity index (χ2v) is 6.94. The maximum atomic E-state index is 12.5. The van der Waals surface area contributed by atoms with Crippen LogP contribution in [0.1, 0.15) is 49.0 Å². The van der Waals surface area contributed by atoms with Gasteiger partial charge in [-0.1, -0.05) is 0 Å². The standard InChI is InChI=1S/C21H29N5O/c1-4-25(5-2)18-9-10-19(16(3)13-18)24-21-22-14-17(15-23-21)20(27)26-11-7-6-8-12-26/h9-10,13-15H,4-8,11-12H2,1-3H3,(H,22,23,24). The molecule has 1 N–H and O–H groups in total. The highest BCUT2D eigenvalue weighted by Gasteiger charge is 2.18. The van der Waals surface area contributed by atoms with E-state index in [0.29, 0.717) is 11.5 Å². The molecule has 6 nitrogen and oxygen atoms in total. The van der Waals surface area contributed by atoms with E-state index in [2.05, 4.69) is 59.2 Å². The van der Waals surface area contributed by atoms with Crippen molar-refractivity contribution in [3.63, 3.8) is 0 Å². The van der Waals surface area contributed by atoms with Crippen molar-refractivity contribution in [1.82, 2.24) is 14.9 Å². The number of rotatable bonds is 6. The van der Waals surface area contributed by atoms with Gasteiger partial charge in [0.15, 0.2) is 0 Å². The Morgan fingerprint density at radius 2 is 1.78 bits per heavy atom. The van der Waals surface area contributed by atoms with Gasteiger partial charge in [0, 0.05) is 49.9 Å². The van der Waals surface area contributed by atoms with Crippen molar-refractivity contribution in [1.29, 1.82) is 0 Å². The van der Waals surface area contributed by atoms with Gasteiger partial charge in [-0.15, -0.1) is 0 Å². The molecule has 144 valence electrons. The average Bonchev–Trinajstić information content (AvgIpc) is 2.71. The van der Waals surface area contributed by atoms with Crippen LogP contribution in [-0.4, -0.2) is 47.0 Å². The minimum absolute atomic E-state index is 0.0287. The van der Waals surface area contributed by atoms with Crippen LogP contribution >= 0.6 is 0 Å². The maximum Gasteiger partial charge on any atom is 0.256 e. The van der Waals surface area contributed by atoms with Gasteiger partial charge >= 0.3 is 0 Å². The van der Waals surface area contributed by atoms with Gasteiger partial charge in [0.25, 0.3) is 5.91 Å². The number of aryl methyl sites for hydroxylation is 1. The van der Waals surface area contributed by atoms with E-state index in [1.54, 1.807) is 12.4 Å². The van der Waals surface area contributed by atoms with Crippen LogP contribution in [0.4, 0.5) is 17.3 Å². The summed E-state index contributed by atoms with van der Waals surface area (Å²) in [6.07, 6.45) is 6.59. The zero-order valence-corrected chi connectivity index (χ0v) is 16.5. The van der Waals surface area contributed by atoms with E-state index in [-0.39, 0.29) is 5.91 Å². The predicted molar refractivity (Wildman–Crippen MR) is 110 cm³/mol. The number of likely N-dealkylation sites (tertiary alicyclic amines) is 1.